The highest BCUT2D eigenvalue weighted by molar-refractivity contribution is 5.83. The largest absolute Gasteiger partial charge is 0.489 e. The van der Waals surface area contributed by atoms with Crippen LogP contribution in [0.5, 0.6) is 5.75 Å². The summed E-state index contributed by atoms with van der Waals surface area (Å²) in [5.74, 6) is 1.71. The smallest absolute Gasteiger partial charge is 0.120 e. The maximum atomic E-state index is 5.90. The van der Waals surface area contributed by atoms with Crippen molar-refractivity contribution in [3.63, 3.8) is 0 Å². The lowest BCUT2D eigenvalue weighted by atomic mass is 10.1. The molecule has 20 heavy (non-hydrogen) atoms. The van der Waals surface area contributed by atoms with Gasteiger partial charge in [0.15, 0.2) is 0 Å². The fourth-order valence-corrected chi connectivity index (χ4v) is 2.17. The number of hydrogen-bond acceptors (Lipinski definition) is 1. The van der Waals surface area contributed by atoms with Gasteiger partial charge in [-0.25, -0.2) is 0 Å². The normalized spacial score (nSPS) is 13.8. The standard InChI is InChI=1S/C19H20O/c1-2-15(7-8-16-9-10-16)14-20-19-12-11-17-5-3-4-6-18(17)13-19/h3-6,8,11-13,16H,2,9-10,14H2,1H3. The van der Waals surface area contributed by atoms with Gasteiger partial charge in [0.2, 0.25) is 0 Å². The Hall–Kier alpha value is -1.98. The van der Waals surface area contributed by atoms with Crippen molar-refractivity contribution in [2.75, 3.05) is 6.61 Å². The van der Waals surface area contributed by atoms with Crippen LogP contribution in [-0.4, -0.2) is 6.61 Å². The zero-order chi connectivity index (χ0) is 13.8. The average Bonchev–Trinajstić information content (AvgIpc) is 3.31. The lowest BCUT2D eigenvalue weighted by Gasteiger charge is -2.08. The predicted octanol–water partition coefficient (Wildman–Crippen LogP) is 5.12. The summed E-state index contributed by atoms with van der Waals surface area (Å²) < 4.78 is 5.90. The summed E-state index contributed by atoms with van der Waals surface area (Å²) in [4.78, 5) is 0. The Morgan fingerprint density at radius 3 is 2.75 bits per heavy atom. The van der Waals surface area contributed by atoms with Gasteiger partial charge in [0.05, 0.1) is 0 Å². The van der Waals surface area contributed by atoms with Crippen LogP contribution in [0.1, 0.15) is 26.2 Å². The van der Waals surface area contributed by atoms with E-state index in [1.165, 1.54) is 29.2 Å². The van der Waals surface area contributed by atoms with Crippen molar-refractivity contribution in [3.8, 4) is 5.75 Å². The molecule has 0 amide bonds. The first-order valence-corrected chi connectivity index (χ1v) is 7.41. The Bertz CT molecular complexity index is 658. The molecule has 102 valence electrons. The highest BCUT2D eigenvalue weighted by Crippen LogP contribution is 2.29. The van der Waals surface area contributed by atoms with Crippen LogP contribution in [0.15, 0.2) is 59.8 Å². The molecule has 0 N–H and O–H groups in total. The van der Waals surface area contributed by atoms with Gasteiger partial charge >= 0.3 is 0 Å². The first-order valence-electron chi connectivity index (χ1n) is 7.41. The van der Waals surface area contributed by atoms with Crippen molar-refractivity contribution in [1.29, 1.82) is 0 Å². The highest BCUT2D eigenvalue weighted by atomic mass is 16.5. The molecule has 0 heterocycles. The van der Waals surface area contributed by atoms with Crippen molar-refractivity contribution in [3.05, 3.63) is 59.8 Å². The number of hydrogen-bond donors (Lipinski definition) is 0. The predicted molar refractivity (Wildman–Crippen MR) is 84.1 cm³/mol. The first kappa shape index (κ1) is 13.0. The van der Waals surface area contributed by atoms with Gasteiger partial charge in [-0.1, -0.05) is 37.3 Å². The van der Waals surface area contributed by atoms with E-state index in [0.29, 0.717) is 6.61 Å². The molecule has 0 aromatic heterocycles. The summed E-state index contributed by atoms with van der Waals surface area (Å²) in [6.45, 7) is 2.80. The molecule has 1 aliphatic carbocycles. The van der Waals surface area contributed by atoms with Crippen molar-refractivity contribution in [1.82, 2.24) is 0 Å². The second-order valence-electron chi connectivity index (χ2n) is 5.40. The minimum Gasteiger partial charge on any atom is -0.489 e. The Morgan fingerprint density at radius 2 is 2.00 bits per heavy atom. The first-order chi connectivity index (χ1) is 9.85. The van der Waals surface area contributed by atoms with Gasteiger partial charge in [-0.2, -0.15) is 0 Å². The molecule has 0 spiro atoms. The molecule has 1 aliphatic rings. The van der Waals surface area contributed by atoms with Gasteiger partial charge in [0.25, 0.3) is 0 Å². The van der Waals surface area contributed by atoms with Gasteiger partial charge in [-0.15, -0.1) is 5.73 Å². The zero-order valence-corrected chi connectivity index (χ0v) is 11.9. The van der Waals surface area contributed by atoms with E-state index in [9.17, 15) is 0 Å². The SMILES string of the molecule is CCC(=C=CC1CC1)COc1ccc2ccccc2c1. The number of fused-ring (bicyclic) bond motifs is 1. The van der Waals surface area contributed by atoms with Crippen molar-refractivity contribution >= 4 is 10.8 Å². The second-order valence-corrected chi connectivity index (χ2v) is 5.40. The summed E-state index contributed by atoms with van der Waals surface area (Å²) >= 11 is 0. The molecular formula is C19H20O. The monoisotopic (exact) mass is 264 g/mol. The van der Waals surface area contributed by atoms with Crippen LogP contribution < -0.4 is 4.74 Å². The molecule has 0 aliphatic heterocycles. The van der Waals surface area contributed by atoms with Crippen LogP contribution in [-0.2, 0) is 0 Å². The van der Waals surface area contributed by atoms with Gasteiger partial charge in [-0.3, -0.25) is 0 Å². The third kappa shape index (κ3) is 3.31. The lowest BCUT2D eigenvalue weighted by molar-refractivity contribution is 0.349. The van der Waals surface area contributed by atoms with Crippen LogP contribution in [0, 0.1) is 5.92 Å². The molecule has 0 saturated heterocycles. The summed E-state index contributed by atoms with van der Waals surface area (Å²) in [7, 11) is 0. The molecule has 1 nitrogen and oxygen atoms in total. The summed E-state index contributed by atoms with van der Waals surface area (Å²) in [6, 6.07) is 14.6. The van der Waals surface area contributed by atoms with Crippen molar-refractivity contribution < 1.29 is 4.74 Å². The maximum Gasteiger partial charge on any atom is 0.120 e. The number of rotatable bonds is 5. The Labute approximate surface area is 120 Å². The van der Waals surface area contributed by atoms with Gasteiger partial charge in [-0.05, 0) is 54.2 Å². The topological polar surface area (TPSA) is 9.23 Å². The van der Waals surface area contributed by atoms with Crippen LogP contribution in [0.4, 0.5) is 0 Å². The third-order valence-corrected chi connectivity index (χ3v) is 3.71. The molecule has 0 atom stereocenters. The molecule has 0 unspecified atom stereocenters. The van der Waals surface area contributed by atoms with E-state index in [-0.39, 0.29) is 0 Å². The van der Waals surface area contributed by atoms with Gasteiger partial charge < -0.3 is 4.74 Å². The van der Waals surface area contributed by atoms with E-state index in [2.05, 4.69) is 55.1 Å². The summed E-state index contributed by atoms with van der Waals surface area (Å²) in [5.41, 5.74) is 4.65. The fraction of sp³-hybridized carbons (Fsp3) is 0.316. The minimum absolute atomic E-state index is 0.637. The lowest BCUT2D eigenvalue weighted by Crippen LogP contribution is -1.99. The number of ether oxygens (including phenoxy) is 1. The zero-order valence-electron chi connectivity index (χ0n) is 11.9. The van der Waals surface area contributed by atoms with Gasteiger partial charge in [0, 0.05) is 5.57 Å². The minimum atomic E-state index is 0.637. The van der Waals surface area contributed by atoms with Crippen LogP contribution in [0.25, 0.3) is 10.8 Å². The Balaban J connectivity index is 1.70. The molecule has 2 aromatic carbocycles. The molecule has 0 radical (unpaired) electrons. The van der Waals surface area contributed by atoms with Crippen LogP contribution in [0.3, 0.4) is 0 Å². The Morgan fingerprint density at radius 1 is 1.20 bits per heavy atom. The van der Waals surface area contributed by atoms with E-state index in [1.54, 1.807) is 0 Å². The molecule has 1 fully saturated rings. The van der Waals surface area contributed by atoms with E-state index in [4.69, 9.17) is 4.74 Å². The van der Waals surface area contributed by atoms with E-state index in [0.717, 1.165) is 18.1 Å². The van der Waals surface area contributed by atoms with E-state index < -0.39 is 0 Å². The molecule has 1 saturated carbocycles. The van der Waals surface area contributed by atoms with Crippen molar-refractivity contribution in [2.45, 2.75) is 26.2 Å². The van der Waals surface area contributed by atoms with Crippen molar-refractivity contribution in [2.24, 2.45) is 5.92 Å². The molecule has 1 heteroatoms. The van der Waals surface area contributed by atoms with Crippen LogP contribution >= 0.6 is 0 Å². The molecule has 3 rings (SSSR count). The van der Waals surface area contributed by atoms with Gasteiger partial charge in [0.1, 0.15) is 12.4 Å². The second kappa shape index (κ2) is 5.98. The fourth-order valence-electron chi connectivity index (χ4n) is 2.17. The maximum absolute atomic E-state index is 5.90. The van der Waals surface area contributed by atoms with E-state index >= 15 is 0 Å². The molecule has 0 bridgehead atoms. The third-order valence-electron chi connectivity index (χ3n) is 3.71. The summed E-state index contributed by atoms with van der Waals surface area (Å²) in [5, 5.41) is 2.47. The quantitative estimate of drug-likeness (QED) is 0.681. The number of benzene rings is 2. The van der Waals surface area contributed by atoms with Crippen LogP contribution in [0.2, 0.25) is 0 Å². The highest BCUT2D eigenvalue weighted by Gasteiger charge is 2.17. The molecule has 2 aromatic rings. The molecular weight excluding hydrogens is 244 g/mol. The van der Waals surface area contributed by atoms with E-state index in [1.807, 2.05) is 6.07 Å². The average molecular weight is 264 g/mol. The summed E-state index contributed by atoms with van der Waals surface area (Å²) in [6.07, 6.45) is 5.87. The Kier molecular flexibility index (Phi) is 3.90.